The Morgan fingerprint density at radius 3 is 2.38 bits per heavy atom. The molecule has 0 fully saturated rings. The summed E-state index contributed by atoms with van der Waals surface area (Å²) in [4.78, 5) is 21.8. The highest BCUT2D eigenvalue weighted by Gasteiger charge is 2.28. The summed E-state index contributed by atoms with van der Waals surface area (Å²) in [7, 11) is -3.12. The molecule has 1 unspecified atom stereocenters. The van der Waals surface area contributed by atoms with E-state index in [0.717, 1.165) is 19.2 Å². The Labute approximate surface area is 130 Å². The molecule has 0 aliphatic carbocycles. The molecule has 0 heterocycles. The minimum absolute atomic E-state index is 0.201. The molecule has 0 radical (unpaired) electrons. The number of methoxy groups -OCH3 is 1. The Morgan fingerprint density at radius 2 is 1.90 bits per heavy atom. The Morgan fingerprint density at radius 1 is 1.33 bits per heavy atom. The molecule has 0 saturated heterocycles. The van der Waals surface area contributed by atoms with E-state index in [0.29, 0.717) is 0 Å². The molecule has 0 bridgehead atoms. The number of sulfonamides is 1. The second-order valence-corrected chi connectivity index (χ2v) is 6.37. The van der Waals surface area contributed by atoms with Gasteiger partial charge in [0, 0.05) is 0 Å². The lowest BCUT2D eigenvalue weighted by Crippen LogP contribution is -2.39. The fourth-order valence-electron chi connectivity index (χ4n) is 1.46. The van der Waals surface area contributed by atoms with Crippen LogP contribution in [-0.4, -0.2) is 38.6 Å². The second-order valence-electron chi connectivity index (χ2n) is 3.91. The van der Waals surface area contributed by atoms with Crippen molar-refractivity contribution in [3.8, 4) is 0 Å². The van der Waals surface area contributed by atoms with Gasteiger partial charge in [-0.1, -0.05) is 23.2 Å². The SMILES string of the molecule is COC(=O)C(C)NS(=O)(=O)c1ccc(Cl)c(C(=O)O)c1Cl. The van der Waals surface area contributed by atoms with Crippen molar-refractivity contribution in [2.75, 3.05) is 7.11 Å². The maximum atomic E-state index is 12.1. The van der Waals surface area contributed by atoms with Gasteiger partial charge in [0.05, 0.1) is 22.7 Å². The first-order valence-electron chi connectivity index (χ1n) is 5.43. The molecule has 0 amide bonds. The predicted molar refractivity (Wildman–Crippen MR) is 75.2 cm³/mol. The number of carbonyl (C=O) groups excluding carboxylic acids is 1. The van der Waals surface area contributed by atoms with Gasteiger partial charge in [0.25, 0.3) is 0 Å². The average molecular weight is 356 g/mol. The van der Waals surface area contributed by atoms with E-state index in [1.165, 1.54) is 6.92 Å². The number of carboxylic acid groups (broad SMARTS) is 1. The zero-order valence-electron chi connectivity index (χ0n) is 10.9. The summed E-state index contributed by atoms with van der Waals surface area (Å²) in [5, 5.41) is 8.24. The molecule has 1 aromatic rings. The standard InChI is InChI=1S/C11H11Cl2NO6S/c1-5(11(17)20-2)14-21(18,19)7-4-3-6(12)8(9(7)13)10(15)16/h3-5,14H,1-2H3,(H,15,16). The molecule has 1 aromatic carbocycles. The van der Waals surface area contributed by atoms with Gasteiger partial charge < -0.3 is 9.84 Å². The van der Waals surface area contributed by atoms with Crippen LogP contribution < -0.4 is 4.72 Å². The number of aromatic carboxylic acids is 1. The van der Waals surface area contributed by atoms with Gasteiger partial charge in [0.2, 0.25) is 10.0 Å². The van der Waals surface area contributed by atoms with Crippen LogP contribution in [0.4, 0.5) is 0 Å². The van der Waals surface area contributed by atoms with Gasteiger partial charge >= 0.3 is 11.9 Å². The van der Waals surface area contributed by atoms with Crippen LogP contribution in [0.15, 0.2) is 17.0 Å². The van der Waals surface area contributed by atoms with Gasteiger partial charge in [-0.05, 0) is 19.1 Å². The topological polar surface area (TPSA) is 110 Å². The molecular formula is C11H11Cl2NO6S. The highest BCUT2D eigenvalue weighted by molar-refractivity contribution is 7.89. The van der Waals surface area contributed by atoms with Crippen LogP contribution >= 0.6 is 23.2 Å². The summed E-state index contributed by atoms with van der Waals surface area (Å²) in [5.41, 5.74) is -0.535. The number of halogens is 2. The van der Waals surface area contributed by atoms with Crippen LogP contribution in [0.3, 0.4) is 0 Å². The van der Waals surface area contributed by atoms with Crippen molar-refractivity contribution in [1.82, 2.24) is 4.72 Å². The van der Waals surface area contributed by atoms with E-state index >= 15 is 0 Å². The largest absolute Gasteiger partial charge is 0.478 e. The number of ether oxygens (including phenoxy) is 1. The average Bonchev–Trinajstić information content (AvgIpc) is 2.36. The van der Waals surface area contributed by atoms with Crippen molar-refractivity contribution in [1.29, 1.82) is 0 Å². The molecule has 7 nitrogen and oxygen atoms in total. The number of rotatable bonds is 5. The molecule has 2 N–H and O–H groups in total. The first-order chi connectivity index (χ1) is 9.61. The number of carboxylic acids is 1. The van der Waals surface area contributed by atoms with Crippen LogP contribution in [0.2, 0.25) is 10.0 Å². The number of benzene rings is 1. The lowest BCUT2D eigenvalue weighted by atomic mass is 10.2. The molecule has 0 aliphatic heterocycles. The highest BCUT2D eigenvalue weighted by atomic mass is 35.5. The summed E-state index contributed by atoms with van der Waals surface area (Å²) in [6.45, 7) is 1.27. The van der Waals surface area contributed by atoms with Gasteiger partial charge in [-0.15, -0.1) is 0 Å². The first kappa shape index (κ1) is 17.7. The van der Waals surface area contributed by atoms with Crippen LogP contribution in [0, 0.1) is 0 Å². The van der Waals surface area contributed by atoms with Crippen molar-refractivity contribution < 1.29 is 27.9 Å². The van der Waals surface area contributed by atoms with Crippen LogP contribution in [-0.2, 0) is 19.6 Å². The summed E-state index contributed by atoms with van der Waals surface area (Å²) in [6.07, 6.45) is 0. The lowest BCUT2D eigenvalue weighted by molar-refractivity contribution is -0.142. The van der Waals surface area contributed by atoms with E-state index in [1.807, 2.05) is 4.72 Å². The van der Waals surface area contributed by atoms with Crippen molar-refractivity contribution in [3.05, 3.63) is 27.7 Å². The molecule has 10 heteroatoms. The minimum Gasteiger partial charge on any atom is -0.478 e. The Hall–Kier alpha value is -1.35. The Balaban J connectivity index is 3.31. The quantitative estimate of drug-likeness (QED) is 0.775. The number of nitrogens with one attached hydrogen (secondary N) is 1. The zero-order chi connectivity index (χ0) is 16.4. The molecular weight excluding hydrogens is 345 g/mol. The Bertz CT molecular complexity index is 688. The van der Waals surface area contributed by atoms with E-state index in [-0.39, 0.29) is 5.02 Å². The highest BCUT2D eigenvalue weighted by Crippen LogP contribution is 2.31. The molecule has 1 rings (SSSR count). The maximum absolute atomic E-state index is 12.1. The van der Waals surface area contributed by atoms with E-state index in [1.54, 1.807) is 0 Å². The predicted octanol–water partition coefficient (Wildman–Crippen LogP) is 1.53. The summed E-state index contributed by atoms with van der Waals surface area (Å²) in [5.74, 6) is -2.27. The van der Waals surface area contributed by atoms with Crippen LogP contribution in [0.25, 0.3) is 0 Å². The lowest BCUT2D eigenvalue weighted by Gasteiger charge is -2.14. The molecule has 1 atom stereocenters. The van der Waals surface area contributed by atoms with Crippen LogP contribution in [0.1, 0.15) is 17.3 Å². The second kappa shape index (κ2) is 6.61. The minimum atomic E-state index is -4.22. The Kier molecular flexibility index (Phi) is 5.57. The van der Waals surface area contributed by atoms with Crippen LogP contribution in [0.5, 0.6) is 0 Å². The third kappa shape index (κ3) is 3.85. The molecule has 0 spiro atoms. The fourth-order valence-corrected chi connectivity index (χ4v) is 3.57. The summed E-state index contributed by atoms with van der Waals surface area (Å²) < 4.78 is 30.7. The van der Waals surface area contributed by atoms with Gasteiger partial charge in [0.1, 0.15) is 10.9 Å². The number of hydrogen-bond donors (Lipinski definition) is 2. The number of hydrogen-bond acceptors (Lipinski definition) is 5. The number of carbonyl (C=O) groups is 2. The first-order valence-corrected chi connectivity index (χ1v) is 7.67. The van der Waals surface area contributed by atoms with Gasteiger partial charge in [0.15, 0.2) is 0 Å². The monoisotopic (exact) mass is 355 g/mol. The molecule has 0 aliphatic rings. The van der Waals surface area contributed by atoms with Crippen molar-refractivity contribution in [2.24, 2.45) is 0 Å². The third-order valence-electron chi connectivity index (χ3n) is 2.45. The van der Waals surface area contributed by atoms with Gasteiger partial charge in [-0.2, -0.15) is 4.72 Å². The molecule has 21 heavy (non-hydrogen) atoms. The van der Waals surface area contributed by atoms with Crippen molar-refractivity contribution in [2.45, 2.75) is 17.9 Å². The van der Waals surface area contributed by atoms with E-state index in [9.17, 15) is 18.0 Å². The van der Waals surface area contributed by atoms with Gasteiger partial charge in [-0.25, -0.2) is 13.2 Å². The molecule has 116 valence electrons. The van der Waals surface area contributed by atoms with Crippen molar-refractivity contribution in [3.63, 3.8) is 0 Å². The van der Waals surface area contributed by atoms with E-state index < -0.39 is 43.5 Å². The smallest absolute Gasteiger partial charge is 0.338 e. The normalized spacial score (nSPS) is 12.8. The number of esters is 1. The maximum Gasteiger partial charge on any atom is 0.338 e. The molecule has 0 aromatic heterocycles. The summed E-state index contributed by atoms with van der Waals surface area (Å²) in [6, 6.07) is 0.970. The zero-order valence-corrected chi connectivity index (χ0v) is 13.2. The van der Waals surface area contributed by atoms with Gasteiger partial charge in [-0.3, -0.25) is 4.79 Å². The summed E-state index contributed by atoms with van der Waals surface area (Å²) >= 11 is 11.5. The van der Waals surface area contributed by atoms with Crippen molar-refractivity contribution >= 4 is 45.2 Å². The fraction of sp³-hybridized carbons (Fsp3) is 0.273. The van der Waals surface area contributed by atoms with E-state index in [2.05, 4.69) is 4.74 Å². The molecule has 0 saturated carbocycles. The third-order valence-corrected chi connectivity index (χ3v) is 4.85. The van der Waals surface area contributed by atoms with E-state index in [4.69, 9.17) is 28.3 Å².